The Balaban J connectivity index is 1.44. The second-order valence-electron chi connectivity index (χ2n) is 9.24. The Hall–Kier alpha value is -3.57. The second-order valence-corrected chi connectivity index (χ2v) is 9.24. The molecule has 0 bridgehead atoms. The van der Waals surface area contributed by atoms with Crippen LogP contribution in [0.3, 0.4) is 0 Å². The van der Waals surface area contributed by atoms with E-state index in [0.717, 1.165) is 24.5 Å². The zero-order chi connectivity index (χ0) is 25.0. The van der Waals surface area contributed by atoms with Crippen molar-refractivity contribution in [3.8, 4) is 11.3 Å². The average molecular weight is 494 g/mol. The van der Waals surface area contributed by atoms with E-state index in [4.69, 9.17) is 14.5 Å². The molecule has 0 spiro atoms. The summed E-state index contributed by atoms with van der Waals surface area (Å²) in [6.45, 7) is 4.45. The lowest BCUT2D eigenvalue weighted by Gasteiger charge is -2.37. The van der Waals surface area contributed by atoms with Gasteiger partial charge in [-0.3, -0.25) is 4.68 Å². The summed E-state index contributed by atoms with van der Waals surface area (Å²) < 4.78 is 42.2. The average Bonchev–Trinajstić information content (AvgIpc) is 3.60. The molecule has 3 aromatic heterocycles. The van der Waals surface area contributed by atoms with Crippen molar-refractivity contribution >= 4 is 17.1 Å². The predicted molar refractivity (Wildman–Crippen MR) is 127 cm³/mol. The smallest absolute Gasteiger partial charge is 0.228 e. The summed E-state index contributed by atoms with van der Waals surface area (Å²) in [7, 11) is 1.58. The van der Waals surface area contributed by atoms with E-state index in [1.165, 1.54) is 12.1 Å². The SMILES string of the molecule is CO[C@@H]1CN(c2nc(-c3ccc(F)cc3F)c3nc(C)c(C)nc3n2)C[C@@H](c2cnn(C3CC3)c2)O1. The van der Waals surface area contributed by atoms with Crippen LogP contribution in [0.25, 0.3) is 22.4 Å². The number of morpholine rings is 1. The van der Waals surface area contributed by atoms with Crippen LogP contribution in [0.5, 0.6) is 0 Å². The van der Waals surface area contributed by atoms with Crippen LogP contribution in [0.4, 0.5) is 14.7 Å². The first-order chi connectivity index (χ1) is 17.4. The molecule has 1 saturated heterocycles. The zero-order valence-electron chi connectivity index (χ0n) is 20.2. The van der Waals surface area contributed by atoms with E-state index < -0.39 is 17.9 Å². The molecule has 1 saturated carbocycles. The summed E-state index contributed by atoms with van der Waals surface area (Å²) in [6, 6.07) is 3.85. The van der Waals surface area contributed by atoms with Gasteiger partial charge in [-0.05, 0) is 38.8 Å². The van der Waals surface area contributed by atoms with Gasteiger partial charge in [0.1, 0.15) is 28.9 Å². The Morgan fingerprint density at radius 1 is 1.03 bits per heavy atom. The third-order valence-corrected chi connectivity index (χ3v) is 6.65. The van der Waals surface area contributed by atoms with Gasteiger partial charge in [-0.15, -0.1) is 0 Å². The van der Waals surface area contributed by atoms with E-state index in [1.807, 2.05) is 35.8 Å². The maximum atomic E-state index is 14.9. The Labute approximate surface area is 206 Å². The van der Waals surface area contributed by atoms with Crippen molar-refractivity contribution in [2.45, 2.75) is 45.1 Å². The molecule has 2 aliphatic rings. The molecule has 0 unspecified atom stereocenters. The van der Waals surface area contributed by atoms with Crippen LogP contribution in [0.2, 0.25) is 0 Å². The molecule has 11 heteroatoms. The van der Waals surface area contributed by atoms with Crippen LogP contribution in [0.15, 0.2) is 30.6 Å². The van der Waals surface area contributed by atoms with E-state index in [-0.39, 0.29) is 17.4 Å². The Morgan fingerprint density at radius 2 is 1.83 bits per heavy atom. The first-order valence-corrected chi connectivity index (χ1v) is 11.8. The van der Waals surface area contributed by atoms with Gasteiger partial charge in [0.2, 0.25) is 5.95 Å². The molecular formula is C25H25F2N7O2. The lowest BCUT2D eigenvalue weighted by molar-refractivity contribution is -0.164. The third kappa shape index (κ3) is 4.18. The topological polar surface area (TPSA) is 91.1 Å². The number of hydrogen-bond acceptors (Lipinski definition) is 8. The number of fused-ring (bicyclic) bond motifs is 1. The minimum Gasteiger partial charge on any atom is -0.354 e. The highest BCUT2D eigenvalue weighted by Gasteiger charge is 2.33. The Morgan fingerprint density at radius 3 is 2.58 bits per heavy atom. The summed E-state index contributed by atoms with van der Waals surface area (Å²) in [5.41, 5.74) is 3.39. The van der Waals surface area contributed by atoms with Crippen LogP contribution in [0, 0.1) is 25.5 Å². The summed E-state index contributed by atoms with van der Waals surface area (Å²) in [5, 5.41) is 4.49. The van der Waals surface area contributed by atoms with Crippen LogP contribution in [-0.2, 0) is 9.47 Å². The van der Waals surface area contributed by atoms with Gasteiger partial charge in [-0.25, -0.2) is 23.7 Å². The number of halogens is 2. The predicted octanol–water partition coefficient (Wildman–Crippen LogP) is 4.06. The van der Waals surface area contributed by atoms with Crippen molar-refractivity contribution in [1.29, 1.82) is 0 Å². The van der Waals surface area contributed by atoms with Crippen molar-refractivity contribution in [3.05, 3.63) is 59.2 Å². The van der Waals surface area contributed by atoms with Crippen molar-refractivity contribution in [3.63, 3.8) is 0 Å². The number of anilines is 1. The summed E-state index contributed by atoms with van der Waals surface area (Å²) in [6.07, 6.45) is 5.23. The molecule has 4 aromatic rings. The lowest BCUT2D eigenvalue weighted by Crippen LogP contribution is -2.45. The number of aryl methyl sites for hydroxylation is 2. The highest BCUT2D eigenvalue weighted by molar-refractivity contribution is 5.88. The number of methoxy groups -OCH3 is 1. The highest BCUT2D eigenvalue weighted by Crippen LogP contribution is 2.36. The van der Waals surface area contributed by atoms with Gasteiger partial charge >= 0.3 is 0 Å². The fourth-order valence-electron chi connectivity index (χ4n) is 4.37. The Bertz CT molecular complexity index is 1460. The number of nitrogens with zero attached hydrogens (tertiary/aromatic N) is 7. The summed E-state index contributed by atoms with van der Waals surface area (Å²) >= 11 is 0. The van der Waals surface area contributed by atoms with Gasteiger partial charge in [0.25, 0.3) is 0 Å². The lowest BCUT2D eigenvalue weighted by atomic mass is 10.1. The molecule has 0 radical (unpaired) electrons. The molecule has 186 valence electrons. The summed E-state index contributed by atoms with van der Waals surface area (Å²) in [4.78, 5) is 20.5. The molecular weight excluding hydrogens is 468 g/mol. The van der Waals surface area contributed by atoms with E-state index >= 15 is 0 Å². The van der Waals surface area contributed by atoms with E-state index in [0.29, 0.717) is 47.6 Å². The van der Waals surface area contributed by atoms with Crippen LogP contribution in [-0.4, -0.2) is 56.2 Å². The second kappa shape index (κ2) is 8.82. The van der Waals surface area contributed by atoms with Crippen molar-refractivity contribution in [1.82, 2.24) is 29.7 Å². The minimum atomic E-state index is -0.733. The van der Waals surface area contributed by atoms with E-state index in [2.05, 4.69) is 20.1 Å². The maximum Gasteiger partial charge on any atom is 0.228 e. The first kappa shape index (κ1) is 22.9. The van der Waals surface area contributed by atoms with Crippen molar-refractivity contribution in [2.24, 2.45) is 0 Å². The molecule has 0 N–H and O–H groups in total. The molecule has 36 heavy (non-hydrogen) atoms. The minimum absolute atomic E-state index is 0.126. The molecule has 1 aromatic carbocycles. The molecule has 9 nitrogen and oxygen atoms in total. The monoisotopic (exact) mass is 493 g/mol. The van der Waals surface area contributed by atoms with Gasteiger partial charge < -0.3 is 14.4 Å². The number of benzene rings is 1. The van der Waals surface area contributed by atoms with Gasteiger partial charge in [-0.1, -0.05) is 0 Å². The fourth-order valence-corrected chi connectivity index (χ4v) is 4.37. The number of hydrogen-bond donors (Lipinski definition) is 0. The van der Waals surface area contributed by atoms with E-state index in [9.17, 15) is 8.78 Å². The molecule has 1 aliphatic carbocycles. The largest absolute Gasteiger partial charge is 0.354 e. The van der Waals surface area contributed by atoms with Gasteiger partial charge in [-0.2, -0.15) is 10.1 Å². The first-order valence-electron chi connectivity index (χ1n) is 11.8. The standard InChI is InChI=1S/C25H25F2N7O2/c1-13-14(2)30-24-23(29-13)22(18-7-4-16(26)8-19(18)27)31-25(32-24)33-11-20(36-21(12-33)35-3)15-9-28-34(10-15)17-5-6-17/h4,7-10,17,20-21H,5-6,11-12H2,1-3H3/t20-,21-/m0/s1. The van der Waals surface area contributed by atoms with Gasteiger partial charge in [0.05, 0.1) is 36.7 Å². The molecule has 2 atom stereocenters. The zero-order valence-corrected chi connectivity index (χ0v) is 20.2. The summed E-state index contributed by atoms with van der Waals surface area (Å²) in [5.74, 6) is -1.06. The van der Waals surface area contributed by atoms with Crippen LogP contribution < -0.4 is 4.90 Å². The van der Waals surface area contributed by atoms with Crippen molar-refractivity contribution in [2.75, 3.05) is 25.1 Å². The van der Waals surface area contributed by atoms with E-state index in [1.54, 1.807) is 7.11 Å². The normalized spacial score (nSPS) is 20.3. The van der Waals surface area contributed by atoms with Crippen molar-refractivity contribution < 1.29 is 18.3 Å². The van der Waals surface area contributed by atoms with Crippen LogP contribution in [0.1, 0.15) is 41.9 Å². The number of rotatable bonds is 5. The molecule has 2 fully saturated rings. The maximum absolute atomic E-state index is 14.9. The molecule has 6 rings (SSSR count). The highest BCUT2D eigenvalue weighted by atomic mass is 19.1. The Kier molecular flexibility index (Phi) is 5.60. The molecule has 1 aliphatic heterocycles. The fraction of sp³-hybridized carbons (Fsp3) is 0.400. The number of aromatic nitrogens is 6. The van der Waals surface area contributed by atoms with Crippen LogP contribution >= 0.6 is 0 Å². The van der Waals surface area contributed by atoms with Gasteiger partial charge in [0.15, 0.2) is 11.9 Å². The van der Waals surface area contributed by atoms with Gasteiger partial charge in [0, 0.05) is 30.5 Å². The third-order valence-electron chi connectivity index (χ3n) is 6.65. The molecule has 0 amide bonds. The number of ether oxygens (including phenoxy) is 2. The quantitative estimate of drug-likeness (QED) is 0.411. The molecule has 4 heterocycles.